The van der Waals surface area contributed by atoms with Gasteiger partial charge in [0, 0.05) is 19.2 Å². The number of carbonyl (C=O) groups is 2. The van der Waals surface area contributed by atoms with Crippen LogP contribution in [0.4, 0.5) is 18.9 Å². The standard InChI is InChI=1S/C19H19F3N2O2/c1-14(25)24(12-11-15-5-3-2-4-6-15)13-18(26)23-17-9-7-16(8-10-17)19(20,21)22/h2-10H,11-13H2,1H3,(H,23,26). The molecule has 138 valence electrons. The highest BCUT2D eigenvalue weighted by Crippen LogP contribution is 2.29. The fraction of sp³-hybridized carbons (Fsp3) is 0.263. The molecule has 7 heteroatoms. The Balaban J connectivity index is 1.92. The van der Waals surface area contributed by atoms with E-state index >= 15 is 0 Å². The number of alkyl halides is 3. The van der Waals surface area contributed by atoms with Crippen LogP contribution in [0.15, 0.2) is 54.6 Å². The van der Waals surface area contributed by atoms with E-state index in [-0.39, 0.29) is 18.1 Å². The zero-order valence-corrected chi connectivity index (χ0v) is 14.2. The first-order valence-electron chi connectivity index (χ1n) is 8.02. The quantitative estimate of drug-likeness (QED) is 0.849. The highest BCUT2D eigenvalue weighted by Gasteiger charge is 2.30. The van der Waals surface area contributed by atoms with E-state index in [9.17, 15) is 22.8 Å². The summed E-state index contributed by atoms with van der Waals surface area (Å²) in [5.74, 6) is -0.712. The van der Waals surface area contributed by atoms with Crippen molar-refractivity contribution in [2.75, 3.05) is 18.4 Å². The molecule has 0 spiro atoms. The third kappa shape index (κ3) is 5.91. The molecule has 4 nitrogen and oxygen atoms in total. The SMILES string of the molecule is CC(=O)N(CCc1ccccc1)CC(=O)Nc1ccc(C(F)(F)F)cc1. The van der Waals surface area contributed by atoms with Crippen LogP contribution < -0.4 is 5.32 Å². The third-order valence-electron chi connectivity index (χ3n) is 3.79. The summed E-state index contributed by atoms with van der Waals surface area (Å²) >= 11 is 0. The second kappa shape index (κ2) is 8.51. The van der Waals surface area contributed by atoms with E-state index in [0.29, 0.717) is 13.0 Å². The molecule has 0 saturated heterocycles. The fourth-order valence-corrected chi connectivity index (χ4v) is 2.37. The van der Waals surface area contributed by atoms with Gasteiger partial charge in [0.1, 0.15) is 0 Å². The molecule has 0 fully saturated rings. The van der Waals surface area contributed by atoms with E-state index in [0.717, 1.165) is 17.7 Å². The van der Waals surface area contributed by atoms with E-state index < -0.39 is 17.6 Å². The van der Waals surface area contributed by atoms with Crippen molar-refractivity contribution in [3.05, 3.63) is 65.7 Å². The molecular formula is C19H19F3N2O2. The summed E-state index contributed by atoms with van der Waals surface area (Å²) < 4.78 is 37.6. The Morgan fingerprint density at radius 3 is 2.15 bits per heavy atom. The zero-order chi connectivity index (χ0) is 19.2. The lowest BCUT2D eigenvalue weighted by Crippen LogP contribution is -2.38. The zero-order valence-electron chi connectivity index (χ0n) is 14.2. The summed E-state index contributed by atoms with van der Waals surface area (Å²) in [6.07, 6.45) is -3.82. The highest BCUT2D eigenvalue weighted by molar-refractivity contribution is 5.94. The van der Waals surface area contributed by atoms with Crippen LogP contribution in [0.5, 0.6) is 0 Å². The average Bonchev–Trinajstić information content (AvgIpc) is 2.59. The Morgan fingerprint density at radius 1 is 1.00 bits per heavy atom. The largest absolute Gasteiger partial charge is 0.416 e. The van der Waals surface area contributed by atoms with Crippen molar-refractivity contribution in [1.82, 2.24) is 4.90 Å². The molecule has 0 aliphatic rings. The van der Waals surface area contributed by atoms with Gasteiger partial charge in [-0.05, 0) is 36.2 Å². The molecule has 2 aromatic rings. The van der Waals surface area contributed by atoms with E-state index in [1.54, 1.807) is 0 Å². The van der Waals surface area contributed by atoms with Gasteiger partial charge in [-0.2, -0.15) is 13.2 Å². The van der Waals surface area contributed by atoms with Crippen LogP contribution in [0.3, 0.4) is 0 Å². The Bertz CT molecular complexity index is 744. The monoisotopic (exact) mass is 364 g/mol. The van der Waals surface area contributed by atoms with Crippen LogP contribution in [0.1, 0.15) is 18.1 Å². The molecule has 0 aliphatic carbocycles. The molecule has 2 rings (SSSR count). The van der Waals surface area contributed by atoms with Crippen molar-refractivity contribution in [2.24, 2.45) is 0 Å². The van der Waals surface area contributed by atoms with Crippen molar-refractivity contribution in [1.29, 1.82) is 0 Å². The number of rotatable bonds is 6. The lowest BCUT2D eigenvalue weighted by atomic mass is 10.1. The maximum Gasteiger partial charge on any atom is 0.416 e. The van der Waals surface area contributed by atoms with Gasteiger partial charge in [-0.1, -0.05) is 30.3 Å². The molecule has 1 N–H and O–H groups in total. The Kier molecular flexibility index (Phi) is 6.38. The van der Waals surface area contributed by atoms with Gasteiger partial charge < -0.3 is 10.2 Å². The molecule has 2 amide bonds. The van der Waals surface area contributed by atoms with Crippen LogP contribution in [-0.2, 0) is 22.2 Å². The number of nitrogens with one attached hydrogen (secondary N) is 1. The van der Waals surface area contributed by atoms with Crippen molar-refractivity contribution < 1.29 is 22.8 Å². The van der Waals surface area contributed by atoms with Crippen molar-refractivity contribution in [3.8, 4) is 0 Å². The maximum atomic E-state index is 12.5. The van der Waals surface area contributed by atoms with Gasteiger partial charge in [0.15, 0.2) is 0 Å². The Labute approximate surface area is 149 Å². The number of carbonyl (C=O) groups excluding carboxylic acids is 2. The first-order valence-corrected chi connectivity index (χ1v) is 8.02. The number of nitrogens with zero attached hydrogens (tertiary/aromatic N) is 1. The molecule has 2 aromatic carbocycles. The van der Waals surface area contributed by atoms with E-state index in [4.69, 9.17) is 0 Å². The lowest BCUT2D eigenvalue weighted by molar-refractivity contribution is -0.137. The normalized spacial score (nSPS) is 11.1. The van der Waals surface area contributed by atoms with Gasteiger partial charge in [0.2, 0.25) is 11.8 Å². The minimum Gasteiger partial charge on any atom is -0.333 e. The minimum absolute atomic E-state index is 0.164. The molecule has 0 heterocycles. The summed E-state index contributed by atoms with van der Waals surface area (Å²) in [5, 5.41) is 2.50. The predicted octanol–water partition coefficient (Wildman–Crippen LogP) is 3.74. The Hall–Kier alpha value is -2.83. The number of amides is 2. The van der Waals surface area contributed by atoms with Crippen LogP contribution in [0.2, 0.25) is 0 Å². The van der Waals surface area contributed by atoms with Crippen LogP contribution >= 0.6 is 0 Å². The number of hydrogen-bond donors (Lipinski definition) is 1. The molecule has 0 aliphatic heterocycles. The van der Waals surface area contributed by atoms with E-state index in [2.05, 4.69) is 5.32 Å². The molecule has 0 saturated carbocycles. The van der Waals surface area contributed by atoms with Crippen LogP contribution in [0, 0.1) is 0 Å². The molecule has 0 unspecified atom stereocenters. The van der Waals surface area contributed by atoms with Gasteiger partial charge in [0.25, 0.3) is 0 Å². The highest BCUT2D eigenvalue weighted by atomic mass is 19.4. The van der Waals surface area contributed by atoms with Crippen molar-refractivity contribution in [2.45, 2.75) is 19.5 Å². The van der Waals surface area contributed by atoms with Crippen LogP contribution in [-0.4, -0.2) is 29.8 Å². The summed E-state index contributed by atoms with van der Waals surface area (Å²) in [6, 6.07) is 13.7. The summed E-state index contributed by atoms with van der Waals surface area (Å²) in [5.41, 5.74) is 0.500. The Morgan fingerprint density at radius 2 is 1.62 bits per heavy atom. The number of anilines is 1. The molecular weight excluding hydrogens is 345 g/mol. The van der Waals surface area contributed by atoms with Gasteiger partial charge in [-0.25, -0.2) is 0 Å². The summed E-state index contributed by atoms with van der Waals surface area (Å²) in [4.78, 5) is 25.2. The molecule has 0 aromatic heterocycles. The second-order valence-electron chi connectivity index (χ2n) is 5.80. The minimum atomic E-state index is -4.43. The second-order valence-corrected chi connectivity index (χ2v) is 5.80. The van der Waals surface area contributed by atoms with Gasteiger partial charge >= 0.3 is 6.18 Å². The first kappa shape index (κ1) is 19.5. The van der Waals surface area contributed by atoms with Gasteiger partial charge in [-0.3, -0.25) is 9.59 Å². The maximum absolute atomic E-state index is 12.5. The summed E-state index contributed by atoms with van der Waals surface area (Å²) in [6.45, 7) is 1.58. The van der Waals surface area contributed by atoms with E-state index in [1.807, 2.05) is 30.3 Å². The smallest absolute Gasteiger partial charge is 0.333 e. The molecule has 0 atom stereocenters. The van der Waals surface area contributed by atoms with Crippen molar-refractivity contribution >= 4 is 17.5 Å². The topological polar surface area (TPSA) is 49.4 Å². The fourth-order valence-electron chi connectivity index (χ4n) is 2.37. The molecule has 0 bridgehead atoms. The third-order valence-corrected chi connectivity index (χ3v) is 3.79. The number of halogens is 3. The predicted molar refractivity (Wildman–Crippen MR) is 92.5 cm³/mol. The average molecular weight is 364 g/mol. The van der Waals surface area contributed by atoms with Crippen molar-refractivity contribution in [3.63, 3.8) is 0 Å². The van der Waals surface area contributed by atoms with Crippen LogP contribution in [0.25, 0.3) is 0 Å². The number of hydrogen-bond acceptors (Lipinski definition) is 2. The van der Waals surface area contributed by atoms with Gasteiger partial charge in [-0.15, -0.1) is 0 Å². The van der Waals surface area contributed by atoms with Gasteiger partial charge in [0.05, 0.1) is 12.1 Å². The summed E-state index contributed by atoms with van der Waals surface area (Å²) in [7, 11) is 0. The van der Waals surface area contributed by atoms with E-state index in [1.165, 1.54) is 24.0 Å². The number of benzene rings is 2. The first-order chi connectivity index (χ1) is 12.3. The molecule has 26 heavy (non-hydrogen) atoms. The lowest BCUT2D eigenvalue weighted by Gasteiger charge is -2.20. The molecule has 0 radical (unpaired) electrons.